The van der Waals surface area contributed by atoms with Crippen LogP contribution < -0.4 is 0 Å². The fourth-order valence-corrected chi connectivity index (χ4v) is 3.61. The maximum atomic E-state index is 12.9. The third-order valence-corrected chi connectivity index (χ3v) is 5.06. The van der Waals surface area contributed by atoms with Crippen molar-refractivity contribution in [3.8, 4) is 0 Å². The van der Waals surface area contributed by atoms with E-state index in [4.69, 9.17) is 0 Å². The van der Waals surface area contributed by atoms with E-state index in [1.807, 2.05) is 24.8 Å². The lowest BCUT2D eigenvalue weighted by Crippen LogP contribution is -2.42. The molecular formula is C20H26N4O. The molecule has 0 radical (unpaired) electrons. The molecule has 3 rings (SSSR count). The minimum absolute atomic E-state index is 0.00668. The minimum atomic E-state index is 0.00668. The molecule has 0 aliphatic carbocycles. The van der Waals surface area contributed by atoms with Crippen LogP contribution in [0.25, 0.3) is 0 Å². The van der Waals surface area contributed by atoms with Gasteiger partial charge in [-0.3, -0.25) is 9.69 Å². The second-order valence-corrected chi connectivity index (χ2v) is 6.60. The third-order valence-electron chi connectivity index (χ3n) is 5.06. The Balaban J connectivity index is 1.70. The molecule has 1 aliphatic rings. The Morgan fingerprint density at radius 2 is 2.08 bits per heavy atom. The van der Waals surface area contributed by atoms with Gasteiger partial charge < -0.3 is 4.90 Å². The van der Waals surface area contributed by atoms with E-state index in [-0.39, 0.29) is 11.9 Å². The van der Waals surface area contributed by atoms with Crippen LogP contribution in [0.1, 0.15) is 48.2 Å². The quantitative estimate of drug-likeness (QED) is 0.841. The van der Waals surface area contributed by atoms with E-state index in [1.54, 1.807) is 12.3 Å². The minimum Gasteiger partial charge on any atom is -0.333 e. The summed E-state index contributed by atoms with van der Waals surface area (Å²) in [6, 6.07) is 12.9. The van der Waals surface area contributed by atoms with Gasteiger partial charge in [-0.25, -0.2) is 9.97 Å². The average Bonchev–Trinajstić information content (AvgIpc) is 3.12. The maximum absolute atomic E-state index is 12.9. The summed E-state index contributed by atoms with van der Waals surface area (Å²) in [5, 5.41) is 0. The molecule has 0 bridgehead atoms. The number of benzene rings is 1. The molecule has 1 aromatic carbocycles. The highest BCUT2D eigenvalue weighted by atomic mass is 16.2. The smallest absolute Gasteiger partial charge is 0.272 e. The van der Waals surface area contributed by atoms with Crippen LogP contribution in [0.4, 0.5) is 0 Å². The van der Waals surface area contributed by atoms with E-state index in [0.29, 0.717) is 24.1 Å². The normalized spacial score (nSPS) is 18.9. The van der Waals surface area contributed by atoms with Crippen molar-refractivity contribution in [2.75, 3.05) is 19.6 Å². The molecule has 25 heavy (non-hydrogen) atoms. The number of aromatic nitrogens is 2. The van der Waals surface area contributed by atoms with Crippen LogP contribution in [0.2, 0.25) is 0 Å². The van der Waals surface area contributed by atoms with Gasteiger partial charge in [0, 0.05) is 37.9 Å². The molecular weight excluding hydrogens is 312 g/mol. The van der Waals surface area contributed by atoms with Crippen LogP contribution in [-0.2, 0) is 0 Å². The van der Waals surface area contributed by atoms with E-state index >= 15 is 0 Å². The molecule has 2 heterocycles. The molecule has 132 valence electrons. The fraction of sp³-hybridized carbons (Fsp3) is 0.450. The number of amides is 1. The molecule has 2 atom stereocenters. The van der Waals surface area contributed by atoms with Gasteiger partial charge >= 0.3 is 0 Å². The molecule has 1 aromatic heterocycles. The molecule has 1 amide bonds. The lowest BCUT2D eigenvalue weighted by atomic mass is 10.1. The second kappa shape index (κ2) is 7.74. The average molecular weight is 338 g/mol. The van der Waals surface area contributed by atoms with Gasteiger partial charge in [0.15, 0.2) is 0 Å². The topological polar surface area (TPSA) is 49.3 Å². The van der Waals surface area contributed by atoms with E-state index in [0.717, 1.165) is 19.5 Å². The number of rotatable bonds is 5. The number of hydrogen-bond donors (Lipinski definition) is 0. The van der Waals surface area contributed by atoms with Crippen molar-refractivity contribution in [3.05, 3.63) is 59.7 Å². The number of nitrogens with zero attached hydrogens (tertiary/aromatic N) is 4. The second-order valence-electron chi connectivity index (χ2n) is 6.60. The van der Waals surface area contributed by atoms with Gasteiger partial charge in [0.25, 0.3) is 5.91 Å². The zero-order chi connectivity index (χ0) is 17.8. The SMILES string of the molecule is CCN(C(=O)c1ccnc(C)n1)[C@@H]1CCN([C@@H](C)c2ccccc2)C1. The number of aryl methyl sites for hydroxylation is 1. The molecule has 1 saturated heterocycles. The zero-order valence-electron chi connectivity index (χ0n) is 15.2. The van der Waals surface area contributed by atoms with Crippen LogP contribution >= 0.6 is 0 Å². The fourth-order valence-electron chi connectivity index (χ4n) is 3.61. The predicted molar refractivity (Wildman–Crippen MR) is 98.3 cm³/mol. The first kappa shape index (κ1) is 17.5. The van der Waals surface area contributed by atoms with E-state index in [1.165, 1.54) is 5.56 Å². The number of likely N-dealkylation sites (tertiary alicyclic amines) is 1. The van der Waals surface area contributed by atoms with Crippen molar-refractivity contribution < 1.29 is 4.79 Å². The van der Waals surface area contributed by atoms with Crippen LogP contribution in [-0.4, -0.2) is 51.4 Å². The summed E-state index contributed by atoms with van der Waals surface area (Å²) in [6.45, 7) is 8.69. The van der Waals surface area contributed by atoms with E-state index in [9.17, 15) is 4.79 Å². The van der Waals surface area contributed by atoms with Crippen LogP contribution in [0.5, 0.6) is 0 Å². The van der Waals surface area contributed by atoms with Crippen LogP contribution in [0, 0.1) is 6.92 Å². The molecule has 5 heteroatoms. The molecule has 0 N–H and O–H groups in total. The molecule has 0 unspecified atom stereocenters. The van der Waals surface area contributed by atoms with Crippen LogP contribution in [0.3, 0.4) is 0 Å². The number of likely N-dealkylation sites (N-methyl/N-ethyl adjacent to an activating group) is 1. The van der Waals surface area contributed by atoms with E-state index < -0.39 is 0 Å². The van der Waals surface area contributed by atoms with Crippen LogP contribution in [0.15, 0.2) is 42.6 Å². The molecule has 2 aromatic rings. The Morgan fingerprint density at radius 3 is 2.76 bits per heavy atom. The van der Waals surface area contributed by atoms with Gasteiger partial charge in [0.2, 0.25) is 0 Å². The van der Waals surface area contributed by atoms with Gasteiger partial charge in [-0.1, -0.05) is 30.3 Å². The number of carbonyl (C=O) groups is 1. The largest absolute Gasteiger partial charge is 0.333 e. The van der Waals surface area contributed by atoms with Gasteiger partial charge in [-0.05, 0) is 38.8 Å². The highest BCUT2D eigenvalue weighted by Crippen LogP contribution is 2.27. The lowest BCUT2D eigenvalue weighted by molar-refractivity contribution is 0.0683. The van der Waals surface area contributed by atoms with E-state index in [2.05, 4.69) is 46.1 Å². The summed E-state index contributed by atoms with van der Waals surface area (Å²) in [4.78, 5) is 25.7. The third kappa shape index (κ3) is 3.87. The predicted octanol–water partition coefficient (Wildman–Crippen LogP) is 3.08. The highest BCUT2D eigenvalue weighted by molar-refractivity contribution is 5.92. The summed E-state index contributed by atoms with van der Waals surface area (Å²) in [7, 11) is 0. The summed E-state index contributed by atoms with van der Waals surface area (Å²) in [5.41, 5.74) is 1.81. The van der Waals surface area contributed by atoms with Gasteiger partial charge in [0.05, 0.1) is 0 Å². The summed E-state index contributed by atoms with van der Waals surface area (Å²) in [6.07, 6.45) is 2.66. The number of carbonyl (C=O) groups excluding carboxylic acids is 1. The Kier molecular flexibility index (Phi) is 5.43. The summed E-state index contributed by atoms with van der Waals surface area (Å²) >= 11 is 0. The van der Waals surface area contributed by atoms with Crippen molar-refractivity contribution >= 4 is 5.91 Å². The van der Waals surface area contributed by atoms with Crippen molar-refractivity contribution in [2.24, 2.45) is 0 Å². The van der Waals surface area contributed by atoms with Crippen molar-refractivity contribution in [1.82, 2.24) is 19.8 Å². The molecule has 1 aliphatic heterocycles. The monoisotopic (exact) mass is 338 g/mol. The Hall–Kier alpha value is -2.27. The Bertz CT molecular complexity index is 719. The molecule has 0 saturated carbocycles. The summed E-state index contributed by atoms with van der Waals surface area (Å²) in [5.74, 6) is 0.639. The van der Waals surface area contributed by atoms with Crippen molar-refractivity contribution in [1.29, 1.82) is 0 Å². The standard InChI is InChI=1S/C20H26N4O/c1-4-24(20(25)19-10-12-21-16(3)22-19)18-11-13-23(14-18)15(2)17-8-6-5-7-9-17/h5-10,12,15,18H,4,11,13-14H2,1-3H3/t15-,18+/m0/s1. The maximum Gasteiger partial charge on any atom is 0.272 e. The zero-order valence-corrected chi connectivity index (χ0v) is 15.2. The molecule has 5 nitrogen and oxygen atoms in total. The highest BCUT2D eigenvalue weighted by Gasteiger charge is 2.33. The van der Waals surface area contributed by atoms with Gasteiger partial charge in [-0.2, -0.15) is 0 Å². The number of hydrogen-bond acceptors (Lipinski definition) is 4. The van der Waals surface area contributed by atoms with Crippen molar-refractivity contribution in [3.63, 3.8) is 0 Å². The first-order valence-corrected chi connectivity index (χ1v) is 8.99. The molecule has 1 fully saturated rings. The summed E-state index contributed by atoms with van der Waals surface area (Å²) < 4.78 is 0. The van der Waals surface area contributed by atoms with Gasteiger partial charge in [-0.15, -0.1) is 0 Å². The first-order valence-electron chi connectivity index (χ1n) is 8.99. The van der Waals surface area contributed by atoms with Gasteiger partial charge in [0.1, 0.15) is 11.5 Å². The lowest BCUT2D eigenvalue weighted by Gasteiger charge is -2.29. The Labute approximate surface area is 149 Å². The van der Waals surface area contributed by atoms with Crippen molar-refractivity contribution in [2.45, 2.75) is 39.3 Å². The Morgan fingerprint density at radius 1 is 1.32 bits per heavy atom. The molecule has 0 spiro atoms. The first-order chi connectivity index (χ1) is 12.1.